The Bertz CT molecular complexity index is 892. The van der Waals surface area contributed by atoms with E-state index >= 15 is 0 Å². The van der Waals surface area contributed by atoms with E-state index in [9.17, 15) is 9.18 Å². The number of amides is 1. The molecule has 0 saturated heterocycles. The van der Waals surface area contributed by atoms with E-state index in [4.69, 9.17) is 5.26 Å². The molecule has 0 bridgehead atoms. The highest BCUT2D eigenvalue weighted by atomic mass is 19.1. The zero-order valence-corrected chi connectivity index (χ0v) is 11.6. The molecule has 108 valence electrons. The molecule has 3 aromatic rings. The highest BCUT2D eigenvalue weighted by molar-refractivity contribution is 5.93. The number of para-hydroxylation sites is 1. The lowest BCUT2D eigenvalue weighted by atomic mass is 10.2. The Kier molecular flexibility index (Phi) is 3.58. The molecule has 22 heavy (non-hydrogen) atoms. The molecule has 4 nitrogen and oxygen atoms in total. The number of benzene rings is 2. The normalized spacial score (nSPS) is 10.4. The maximum atomic E-state index is 13.1. The van der Waals surface area contributed by atoms with Crippen LogP contribution in [-0.2, 0) is 11.3 Å². The average Bonchev–Trinajstić information content (AvgIpc) is 2.85. The number of nitrogens with one attached hydrogen (secondary N) is 1. The van der Waals surface area contributed by atoms with Gasteiger partial charge in [-0.1, -0.05) is 24.3 Å². The van der Waals surface area contributed by atoms with Crippen molar-refractivity contribution >= 4 is 22.5 Å². The Morgan fingerprint density at radius 2 is 2.05 bits per heavy atom. The van der Waals surface area contributed by atoms with Crippen molar-refractivity contribution in [2.75, 3.05) is 5.32 Å². The van der Waals surface area contributed by atoms with Crippen LogP contribution in [0, 0.1) is 17.1 Å². The van der Waals surface area contributed by atoms with Gasteiger partial charge in [0.2, 0.25) is 5.91 Å². The van der Waals surface area contributed by atoms with E-state index in [1.54, 1.807) is 16.8 Å². The highest BCUT2D eigenvalue weighted by Crippen LogP contribution is 2.20. The van der Waals surface area contributed by atoms with Gasteiger partial charge in [-0.2, -0.15) is 5.26 Å². The fraction of sp³-hybridized carbons (Fsp3) is 0.0588. The Morgan fingerprint density at radius 1 is 1.23 bits per heavy atom. The lowest BCUT2D eigenvalue weighted by Gasteiger charge is -2.07. The number of hydrogen-bond donors (Lipinski definition) is 1. The molecular formula is C17H12FN3O. The van der Waals surface area contributed by atoms with E-state index < -0.39 is 5.82 Å². The van der Waals surface area contributed by atoms with Crippen LogP contribution in [0.2, 0.25) is 0 Å². The first kappa shape index (κ1) is 13.8. The van der Waals surface area contributed by atoms with Crippen LogP contribution in [-0.4, -0.2) is 10.5 Å². The molecule has 0 atom stereocenters. The summed E-state index contributed by atoms with van der Waals surface area (Å²) in [6, 6.07) is 15.2. The molecule has 0 fully saturated rings. The van der Waals surface area contributed by atoms with Gasteiger partial charge in [-0.05, 0) is 24.3 Å². The van der Waals surface area contributed by atoms with Crippen molar-refractivity contribution in [3.63, 3.8) is 0 Å². The largest absolute Gasteiger partial charge is 0.337 e. The first-order chi connectivity index (χ1) is 10.7. The number of rotatable bonds is 3. The van der Waals surface area contributed by atoms with E-state index in [1.807, 2.05) is 24.3 Å². The smallest absolute Gasteiger partial charge is 0.244 e. The molecule has 1 N–H and O–H groups in total. The summed E-state index contributed by atoms with van der Waals surface area (Å²) in [5, 5.41) is 12.6. The number of carbonyl (C=O) groups excluding carboxylic acids is 1. The summed E-state index contributed by atoms with van der Waals surface area (Å²) in [5.74, 6) is -0.688. The standard InChI is InChI=1S/C17H12FN3O/c18-13-4-3-5-14(8-13)20-17(22)11-21-10-12(9-19)15-6-1-2-7-16(15)21/h1-8,10H,11H2,(H,20,22). The number of fused-ring (bicyclic) bond motifs is 1. The summed E-state index contributed by atoms with van der Waals surface area (Å²) in [5.41, 5.74) is 1.74. The monoisotopic (exact) mass is 293 g/mol. The molecule has 1 aromatic heterocycles. The molecule has 0 aliphatic heterocycles. The van der Waals surface area contributed by atoms with Crippen LogP contribution < -0.4 is 5.32 Å². The second-order valence-electron chi connectivity index (χ2n) is 4.86. The van der Waals surface area contributed by atoms with Gasteiger partial charge >= 0.3 is 0 Å². The molecule has 2 aromatic carbocycles. The van der Waals surface area contributed by atoms with Crippen molar-refractivity contribution in [3.8, 4) is 6.07 Å². The molecular weight excluding hydrogens is 281 g/mol. The Balaban J connectivity index is 1.84. The van der Waals surface area contributed by atoms with Crippen molar-refractivity contribution < 1.29 is 9.18 Å². The average molecular weight is 293 g/mol. The molecule has 1 amide bonds. The zero-order chi connectivity index (χ0) is 15.5. The number of anilines is 1. The third kappa shape index (κ3) is 2.67. The first-order valence-electron chi connectivity index (χ1n) is 6.71. The van der Waals surface area contributed by atoms with Gasteiger partial charge in [0, 0.05) is 22.8 Å². The number of nitrogens with zero attached hydrogens (tertiary/aromatic N) is 2. The summed E-state index contributed by atoms with van der Waals surface area (Å²) >= 11 is 0. The van der Waals surface area contributed by atoms with Crippen LogP contribution in [0.5, 0.6) is 0 Å². The van der Waals surface area contributed by atoms with E-state index in [0.717, 1.165) is 10.9 Å². The summed E-state index contributed by atoms with van der Waals surface area (Å²) in [7, 11) is 0. The number of nitriles is 1. The van der Waals surface area contributed by atoms with Crippen molar-refractivity contribution in [2.24, 2.45) is 0 Å². The molecule has 0 radical (unpaired) electrons. The van der Waals surface area contributed by atoms with Gasteiger partial charge in [0.15, 0.2) is 0 Å². The fourth-order valence-corrected chi connectivity index (χ4v) is 2.39. The number of carbonyl (C=O) groups is 1. The lowest BCUT2D eigenvalue weighted by molar-refractivity contribution is -0.116. The zero-order valence-electron chi connectivity index (χ0n) is 11.6. The van der Waals surface area contributed by atoms with Crippen LogP contribution in [0.15, 0.2) is 54.7 Å². The van der Waals surface area contributed by atoms with Gasteiger partial charge in [0.25, 0.3) is 0 Å². The second-order valence-corrected chi connectivity index (χ2v) is 4.86. The lowest BCUT2D eigenvalue weighted by Crippen LogP contribution is -2.18. The third-order valence-corrected chi connectivity index (χ3v) is 3.33. The van der Waals surface area contributed by atoms with Gasteiger partial charge in [0.05, 0.1) is 5.56 Å². The van der Waals surface area contributed by atoms with E-state index in [-0.39, 0.29) is 12.5 Å². The van der Waals surface area contributed by atoms with Gasteiger partial charge in [-0.3, -0.25) is 4.79 Å². The van der Waals surface area contributed by atoms with Crippen molar-refractivity contribution in [3.05, 3.63) is 66.1 Å². The maximum absolute atomic E-state index is 13.1. The summed E-state index contributed by atoms with van der Waals surface area (Å²) in [4.78, 5) is 12.1. The Hall–Kier alpha value is -3.13. The second kappa shape index (κ2) is 5.70. The van der Waals surface area contributed by atoms with Gasteiger partial charge in [-0.25, -0.2) is 4.39 Å². The fourth-order valence-electron chi connectivity index (χ4n) is 2.39. The highest BCUT2D eigenvalue weighted by Gasteiger charge is 2.10. The molecule has 0 spiro atoms. The third-order valence-electron chi connectivity index (χ3n) is 3.33. The minimum Gasteiger partial charge on any atom is -0.337 e. The molecule has 1 heterocycles. The van der Waals surface area contributed by atoms with E-state index in [1.165, 1.54) is 18.2 Å². The maximum Gasteiger partial charge on any atom is 0.244 e. The topological polar surface area (TPSA) is 57.8 Å². The van der Waals surface area contributed by atoms with Crippen LogP contribution in [0.3, 0.4) is 0 Å². The summed E-state index contributed by atoms with van der Waals surface area (Å²) in [6.45, 7) is 0.0543. The van der Waals surface area contributed by atoms with Crippen LogP contribution in [0.25, 0.3) is 10.9 Å². The summed E-state index contributed by atoms with van der Waals surface area (Å²) < 4.78 is 14.8. The number of aromatic nitrogens is 1. The molecule has 0 unspecified atom stereocenters. The minimum absolute atomic E-state index is 0.0543. The van der Waals surface area contributed by atoms with Crippen molar-refractivity contribution in [1.29, 1.82) is 5.26 Å². The van der Waals surface area contributed by atoms with Crippen LogP contribution >= 0.6 is 0 Å². The van der Waals surface area contributed by atoms with Crippen LogP contribution in [0.1, 0.15) is 5.56 Å². The minimum atomic E-state index is -0.406. The SMILES string of the molecule is N#Cc1cn(CC(=O)Nc2cccc(F)c2)c2ccccc12. The molecule has 0 saturated carbocycles. The predicted octanol–water partition coefficient (Wildman–Crippen LogP) is 3.29. The first-order valence-corrected chi connectivity index (χ1v) is 6.71. The quantitative estimate of drug-likeness (QED) is 0.805. The van der Waals surface area contributed by atoms with Gasteiger partial charge < -0.3 is 9.88 Å². The molecule has 0 aliphatic carbocycles. The van der Waals surface area contributed by atoms with E-state index in [0.29, 0.717) is 11.3 Å². The Morgan fingerprint density at radius 3 is 2.82 bits per heavy atom. The van der Waals surface area contributed by atoms with Crippen molar-refractivity contribution in [1.82, 2.24) is 4.57 Å². The Labute approximate surface area is 126 Å². The van der Waals surface area contributed by atoms with Crippen LogP contribution in [0.4, 0.5) is 10.1 Å². The van der Waals surface area contributed by atoms with E-state index in [2.05, 4.69) is 11.4 Å². The summed E-state index contributed by atoms with van der Waals surface area (Å²) in [6.07, 6.45) is 1.65. The molecule has 3 rings (SSSR count). The molecule has 5 heteroatoms. The molecule has 0 aliphatic rings. The number of hydrogen-bond acceptors (Lipinski definition) is 2. The predicted molar refractivity (Wildman–Crippen MR) is 81.7 cm³/mol. The van der Waals surface area contributed by atoms with Gasteiger partial charge in [0.1, 0.15) is 18.4 Å². The van der Waals surface area contributed by atoms with Crippen molar-refractivity contribution in [2.45, 2.75) is 6.54 Å². The number of halogens is 1. The van der Waals surface area contributed by atoms with Gasteiger partial charge in [-0.15, -0.1) is 0 Å².